The van der Waals surface area contributed by atoms with E-state index in [1.165, 1.54) is 0 Å². The minimum absolute atomic E-state index is 0.339. The first kappa shape index (κ1) is 13.6. The third-order valence-corrected chi connectivity index (χ3v) is 2.92. The van der Waals surface area contributed by atoms with Gasteiger partial charge < -0.3 is 9.84 Å². The minimum atomic E-state index is -0.766. The molecule has 0 spiro atoms. The zero-order valence-corrected chi connectivity index (χ0v) is 10.8. The predicted molar refractivity (Wildman–Crippen MR) is 64.8 cm³/mol. The van der Waals surface area contributed by atoms with E-state index in [2.05, 4.69) is 15.9 Å². The smallest absolute Gasteiger partial charge is 0.143 e. The lowest BCUT2D eigenvalue weighted by Crippen LogP contribution is -2.03. The van der Waals surface area contributed by atoms with E-state index in [1.54, 1.807) is 18.2 Å². The van der Waals surface area contributed by atoms with Gasteiger partial charge in [-0.1, -0.05) is 12.1 Å². The van der Waals surface area contributed by atoms with Gasteiger partial charge >= 0.3 is 0 Å². The first-order chi connectivity index (χ1) is 7.66. The van der Waals surface area contributed by atoms with Crippen molar-refractivity contribution >= 4 is 15.9 Å². The number of benzene rings is 1. The van der Waals surface area contributed by atoms with Crippen LogP contribution in [0.2, 0.25) is 0 Å². The average Bonchev–Trinajstić information content (AvgIpc) is 2.28. The van der Waals surface area contributed by atoms with Crippen molar-refractivity contribution in [2.45, 2.75) is 25.9 Å². The predicted octanol–water partition coefficient (Wildman–Crippen LogP) is 3.44. The normalized spacial score (nSPS) is 12.8. The molecule has 0 heterocycles. The Morgan fingerprint density at radius 1 is 1.50 bits per heavy atom. The lowest BCUT2D eigenvalue weighted by atomic mass is 10.0. The Balaban J connectivity index is 2.52. The molecule has 1 rings (SSSR count). The van der Waals surface area contributed by atoms with Gasteiger partial charge in [0.15, 0.2) is 0 Å². The number of hydrogen-bond donors (Lipinski definition) is 1. The van der Waals surface area contributed by atoms with Crippen molar-refractivity contribution < 1.29 is 14.2 Å². The molecule has 0 aliphatic carbocycles. The average molecular weight is 291 g/mol. The van der Waals surface area contributed by atoms with E-state index in [1.807, 2.05) is 6.92 Å². The Bertz CT molecular complexity index is 331. The molecule has 2 nitrogen and oxygen atoms in total. The molecular weight excluding hydrogens is 275 g/mol. The molecule has 16 heavy (non-hydrogen) atoms. The fourth-order valence-corrected chi connectivity index (χ4v) is 1.84. The summed E-state index contributed by atoms with van der Waals surface area (Å²) in [6.07, 6.45) is 0.465. The second-order valence-electron chi connectivity index (χ2n) is 3.50. The SMILES string of the molecule is CCOCCCC(O)c1cccc(Br)c1F. The summed E-state index contributed by atoms with van der Waals surface area (Å²) in [5.74, 6) is -0.383. The molecule has 0 radical (unpaired) electrons. The van der Waals surface area contributed by atoms with Crippen molar-refractivity contribution in [2.75, 3.05) is 13.2 Å². The summed E-state index contributed by atoms with van der Waals surface area (Å²) >= 11 is 3.10. The Kier molecular flexibility index (Phi) is 5.95. The van der Waals surface area contributed by atoms with Crippen LogP contribution < -0.4 is 0 Å². The second kappa shape index (κ2) is 6.99. The van der Waals surface area contributed by atoms with Crippen LogP contribution in [-0.2, 0) is 4.74 Å². The highest BCUT2D eigenvalue weighted by Crippen LogP contribution is 2.26. The highest BCUT2D eigenvalue weighted by molar-refractivity contribution is 9.10. The molecule has 1 atom stereocenters. The van der Waals surface area contributed by atoms with Crippen LogP contribution in [-0.4, -0.2) is 18.3 Å². The van der Waals surface area contributed by atoms with Crippen LogP contribution in [0.1, 0.15) is 31.4 Å². The molecule has 4 heteroatoms. The molecule has 1 N–H and O–H groups in total. The van der Waals surface area contributed by atoms with Crippen LogP contribution in [0.4, 0.5) is 4.39 Å². The molecule has 1 aromatic carbocycles. The van der Waals surface area contributed by atoms with Gasteiger partial charge in [-0.25, -0.2) is 4.39 Å². The van der Waals surface area contributed by atoms with E-state index < -0.39 is 6.10 Å². The topological polar surface area (TPSA) is 29.5 Å². The Morgan fingerprint density at radius 2 is 2.25 bits per heavy atom. The van der Waals surface area contributed by atoms with Gasteiger partial charge in [-0.05, 0) is 41.8 Å². The third-order valence-electron chi connectivity index (χ3n) is 2.31. The summed E-state index contributed by atoms with van der Waals surface area (Å²) in [6.45, 7) is 3.19. The number of rotatable bonds is 6. The summed E-state index contributed by atoms with van der Waals surface area (Å²) in [5.41, 5.74) is 0.339. The molecule has 0 fully saturated rings. The van der Waals surface area contributed by atoms with Crippen LogP contribution >= 0.6 is 15.9 Å². The highest BCUT2D eigenvalue weighted by atomic mass is 79.9. The fraction of sp³-hybridized carbons (Fsp3) is 0.500. The van der Waals surface area contributed by atoms with E-state index in [9.17, 15) is 9.50 Å². The quantitative estimate of drug-likeness (QED) is 0.814. The molecule has 90 valence electrons. The summed E-state index contributed by atoms with van der Waals surface area (Å²) in [4.78, 5) is 0. The van der Waals surface area contributed by atoms with Crippen molar-refractivity contribution in [2.24, 2.45) is 0 Å². The van der Waals surface area contributed by atoms with E-state index >= 15 is 0 Å². The number of aliphatic hydroxyl groups is 1. The Labute approximate surface area is 104 Å². The van der Waals surface area contributed by atoms with Crippen molar-refractivity contribution in [1.29, 1.82) is 0 Å². The lowest BCUT2D eigenvalue weighted by molar-refractivity contribution is 0.113. The van der Waals surface area contributed by atoms with Gasteiger partial charge in [0, 0.05) is 18.8 Å². The molecule has 0 aliphatic heterocycles. The maximum Gasteiger partial charge on any atom is 0.143 e. The van der Waals surface area contributed by atoms with Crippen molar-refractivity contribution in [1.82, 2.24) is 0 Å². The molecule has 0 saturated heterocycles. The van der Waals surface area contributed by atoms with Crippen LogP contribution in [0.5, 0.6) is 0 Å². The first-order valence-electron chi connectivity index (χ1n) is 5.36. The monoisotopic (exact) mass is 290 g/mol. The van der Waals surface area contributed by atoms with Gasteiger partial charge in [-0.2, -0.15) is 0 Å². The molecular formula is C12H16BrFO2. The summed E-state index contributed by atoms with van der Waals surface area (Å²) < 4.78 is 19.1. The summed E-state index contributed by atoms with van der Waals surface area (Å²) in [7, 11) is 0. The van der Waals surface area contributed by atoms with Gasteiger partial charge in [0.1, 0.15) is 5.82 Å². The zero-order valence-electron chi connectivity index (χ0n) is 9.25. The fourth-order valence-electron chi connectivity index (χ4n) is 1.46. The summed E-state index contributed by atoms with van der Waals surface area (Å²) in [6, 6.07) is 4.94. The van der Waals surface area contributed by atoms with Gasteiger partial charge in [-0.15, -0.1) is 0 Å². The van der Waals surface area contributed by atoms with Gasteiger partial charge in [-0.3, -0.25) is 0 Å². The zero-order chi connectivity index (χ0) is 12.0. The van der Waals surface area contributed by atoms with Gasteiger partial charge in [0.25, 0.3) is 0 Å². The Morgan fingerprint density at radius 3 is 2.94 bits per heavy atom. The number of aliphatic hydroxyl groups excluding tert-OH is 1. The van der Waals surface area contributed by atoms with Gasteiger partial charge in [0.05, 0.1) is 10.6 Å². The summed E-state index contributed by atoms with van der Waals surface area (Å²) in [5, 5.41) is 9.81. The second-order valence-corrected chi connectivity index (χ2v) is 4.35. The number of ether oxygens (including phenoxy) is 1. The van der Waals surface area contributed by atoms with Crippen LogP contribution in [0.25, 0.3) is 0 Å². The largest absolute Gasteiger partial charge is 0.388 e. The Hall–Kier alpha value is -0.450. The molecule has 1 aromatic rings. The minimum Gasteiger partial charge on any atom is -0.388 e. The molecule has 1 unspecified atom stereocenters. The maximum absolute atomic E-state index is 13.6. The van der Waals surface area contributed by atoms with E-state index in [0.717, 1.165) is 6.42 Å². The highest BCUT2D eigenvalue weighted by Gasteiger charge is 2.14. The maximum atomic E-state index is 13.6. The van der Waals surface area contributed by atoms with E-state index in [0.29, 0.717) is 29.7 Å². The van der Waals surface area contributed by atoms with Crippen LogP contribution in [0.15, 0.2) is 22.7 Å². The van der Waals surface area contributed by atoms with Crippen molar-refractivity contribution in [3.8, 4) is 0 Å². The molecule has 0 bridgehead atoms. The van der Waals surface area contributed by atoms with Crippen LogP contribution in [0.3, 0.4) is 0 Å². The molecule has 0 aromatic heterocycles. The standard InChI is InChI=1S/C12H16BrFO2/c1-2-16-8-4-7-11(15)9-5-3-6-10(13)12(9)14/h3,5-6,11,15H,2,4,7-8H2,1H3. The first-order valence-corrected chi connectivity index (χ1v) is 6.15. The van der Waals surface area contributed by atoms with Crippen molar-refractivity contribution in [3.05, 3.63) is 34.1 Å². The van der Waals surface area contributed by atoms with E-state index in [4.69, 9.17) is 4.74 Å². The molecule has 0 saturated carbocycles. The van der Waals surface area contributed by atoms with Gasteiger partial charge in [0.2, 0.25) is 0 Å². The van der Waals surface area contributed by atoms with E-state index in [-0.39, 0.29) is 5.82 Å². The van der Waals surface area contributed by atoms with Crippen molar-refractivity contribution in [3.63, 3.8) is 0 Å². The third kappa shape index (κ3) is 3.85. The number of hydrogen-bond acceptors (Lipinski definition) is 2. The lowest BCUT2D eigenvalue weighted by Gasteiger charge is -2.12. The molecule has 0 aliphatic rings. The molecule has 0 amide bonds. The number of halogens is 2. The van der Waals surface area contributed by atoms with Crippen LogP contribution in [0, 0.1) is 5.82 Å².